The minimum atomic E-state index is 0.0326. The lowest BCUT2D eigenvalue weighted by molar-refractivity contribution is 0.104. The third kappa shape index (κ3) is 2.70. The molecule has 1 nitrogen and oxygen atoms in total. The largest absolute Gasteiger partial charge is 0.288 e. The molecule has 0 bridgehead atoms. The van der Waals surface area contributed by atoms with Gasteiger partial charge >= 0.3 is 0 Å². The van der Waals surface area contributed by atoms with Gasteiger partial charge in [0.1, 0.15) is 0 Å². The van der Waals surface area contributed by atoms with E-state index in [1.807, 2.05) is 12.1 Å². The molecule has 2 aromatic rings. The second-order valence-corrected chi connectivity index (χ2v) is 9.77. The fourth-order valence-corrected chi connectivity index (χ4v) is 5.87. The standard InChI is InChI=1S/C9H2Br4OS2/c10-4-2-5(15-9(4)13)7(14)3-1-6(11)16-8(3)12/h1-2H. The van der Waals surface area contributed by atoms with E-state index < -0.39 is 0 Å². The summed E-state index contributed by atoms with van der Waals surface area (Å²) in [5.41, 5.74) is 0.693. The minimum absolute atomic E-state index is 0.0326. The van der Waals surface area contributed by atoms with Gasteiger partial charge in [-0.05, 0) is 75.9 Å². The predicted octanol–water partition coefficient (Wildman–Crippen LogP) is 6.09. The Hall–Kier alpha value is 0.990. The molecule has 0 saturated heterocycles. The quantitative estimate of drug-likeness (QED) is 0.448. The highest BCUT2D eigenvalue weighted by Crippen LogP contribution is 2.37. The van der Waals surface area contributed by atoms with Gasteiger partial charge in [0.2, 0.25) is 5.78 Å². The van der Waals surface area contributed by atoms with Gasteiger partial charge in [-0.25, -0.2) is 0 Å². The minimum Gasteiger partial charge on any atom is -0.288 e. The number of hydrogen-bond donors (Lipinski definition) is 0. The molecule has 0 aliphatic rings. The first-order valence-corrected chi connectivity index (χ1v) is 8.74. The summed E-state index contributed by atoms with van der Waals surface area (Å²) in [5.74, 6) is 0.0326. The van der Waals surface area contributed by atoms with E-state index in [1.165, 1.54) is 22.7 Å². The van der Waals surface area contributed by atoms with Crippen LogP contribution in [0.15, 0.2) is 28.0 Å². The lowest BCUT2D eigenvalue weighted by Crippen LogP contribution is -1.96. The van der Waals surface area contributed by atoms with Crippen molar-refractivity contribution in [2.45, 2.75) is 0 Å². The Balaban J connectivity index is 2.42. The van der Waals surface area contributed by atoms with Crippen LogP contribution in [-0.4, -0.2) is 5.78 Å². The Bertz CT molecular complexity index is 538. The molecule has 7 heteroatoms. The molecule has 0 saturated carbocycles. The van der Waals surface area contributed by atoms with Crippen molar-refractivity contribution in [1.82, 2.24) is 0 Å². The summed E-state index contributed by atoms with van der Waals surface area (Å²) < 4.78 is 3.63. The zero-order valence-corrected chi connectivity index (χ0v) is 15.4. The van der Waals surface area contributed by atoms with Gasteiger partial charge in [-0.2, -0.15) is 0 Å². The van der Waals surface area contributed by atoms with E-state index in [2.05, 4.69) is 63.7 Å². The second-order valence-electron chi connectivity index (χ2n) is 2.80. The summed E-state index contributed by atoms with van der Waals surface area (Å²) in [4.78, 5) is 12.9. The van der Waals surface area contributed by atoms with E-state index in [9.17, 15) is 4.79 Å². The van der Waals surface area contributed by atoms with Crippen molar-refractivity contribution in [1.29, 1.82) is 0 Å². The van der Waals surface area contributed by atoms with Crippen LogP contribution in [0.3, 0.4) is 0 Å². The molecule has 0 atom stereocenters. The van der Waals surface area contributed by atoms with Crippen LogP contribution < -0.4 is 0 Å². The van der Waals surface area contributed by atoms with Crippen LogP contribution in [0.1, 0.15) is 15.2 Å². The zero-order valence-electron chi connectivity index (χ0n) is 7.39. The highest BCUT2D eigenvalue weighted by molar-refractivity contribution is 9.13. The highest BCUT2D eigenvalue weighted by Gasteiger charge is 2.18. The summed E-state index contributed by atoms with van der Waals surface area (Å²) in [5, 5.41) is 0. The molecule has 16 heavy (non-hydrogen) atoms. The van der Waals surface area contributed by atoms with Crippen molar-refractivity contribution in [3.8, 4) is 0 Å². The van der Waals surface area contributed by atoms with Crippen LogP contribution in [0.2, 0.25) is 0 Å². The number of rotatable bonds is 2. The number of thiophene rings is 2. The maximum absolute atomic E-state index is 12.2. The average Bonchev–Trinajstić information content (AvgIpc) is 2.70. The van der Waals surface area contributed by atoms with Crippen LogP contribution in [-0.2, 0) is 0 Å². The number of carbonyl (C=O) groups is 1. The molecular formula is C9H2Br4OS2. The maximum Gasteiger partial charge on any atom is 0.205 e. The Morgan fingerprint density at radius 3 is 2.12 bits per heavy atom. The molecule has 2 aromatic heterocycles. The Labute approximate surface area is 134 Å². The van der Waals surface area contributed by atoms with Gasteiger partial charge < -0.3 is 0 Å². The summed E-state index contributed by atoms with van der Waals surface area (Å²) in [6.07, 6.45) is 0. The fraction of sp³-hybridized carbons (Fsp3) is 0. The van der Waals surface area contributed by atoms with E-state index in [1.54, 1.807) is 0 Å². The van der Waals surface area contributed by atoms with Crippen LogP contribution in [0.25, 0.3) is 0 Å². The SMILES string of the molecule is O=C(c1cc(Br)c(Br)s1)c1cc(Br)sc1Br. The van der Waals surface area contributed by atoms with E-state index in [0.29, 0.717) is 10.4 Å². The summed E-state index contributed by atoms with van der Waals surface area (Å²) >= 11 is 16.4. The number of halogens is 4. The van der Waals surface area contributed by atoms with Crippen LogP contribution in [0.5, 0.6) is 0 Å². The van der Waals surface area contributed by atoms with Crippen molar-refractivity contribution in [2.24, 2.45) is 0 Å². The van der Waals surface area contributed by atoms with E-state index in [0.717, 1.165) is 15.8 Å². The van der Waals surface area contributed by atoms with Crippen LogP contribution in [0.4, 0.5) is 0 Å². The molecule has 0 aromatic carbocycles. The molecule has 0 radical (unpaired) electrons. The lowest BCUT2D eigenvalue weighted by atomic mass is 10.2. The Morgan fingerprint density at radius 1 is 1.00 bits per heavy atom. The molecule has 0 aliphatic carbocycles. The molecule has 0 amide bonds. The maximum atomic E-state index is 12.2. The number of carbonyl (C=O) groups excluding carboxylic acids is 1. The summed E-state index contributed by atoms with van der Waals surface area (Å²) in [6.45, 7) is 0. The molecule has 84 valence electrons. The molecule has 2 heterocycles. The molecule has 0 N–H and O–H groups in total. The van der Waals surface area contributed by atoms with Crippen molar-refractivity contribution in [2.75, 3.05) is 0 Å². The van der Waals surface area contributed by atoms with Gasteiger partial charge in [0.05, 0.1) is 16.2 Å². The zero-order chi connectivity index (χ0) is 11.9. The third-order valence-electron chi connectivity index (χ3n) is 1.77. The summed E-state index contributed by atoms with van der Waals surface area (Å²) in [7, 11) is 0. The van der Waals surface area contributed by atoms with Gasteiger partial charge in [0.25, 0.3) is 0 Å². The van der Waals surface area contributed by atoms with Gasteiger partial charge in [-0.1, -0.05) is 0 Å². The van der Waals surface area contributed by atoms with Crippen LogP contribution in [0, 0.1) is 0 Å². The van der Waals surface area contributed by atoms with Crippen LogP contribution >= 0.6 is 86.4 Å². The van der Waals surface area contributed by atoms with Crippen molar-refractivity contribution in [3.63, 3.8) is 0 Å². The number of ketones is 1. The first kappa shape index (κ1) is 13.4. The Kier molecular flexibility index (Phi) is 4.46. The smallest absolute Gasteiger partial charge is 0.205 e. The average molecular weight is 510 g/mol. The normalized spacial score (nSPS) is 10.8. The second kappa shape index (κ2) is 5.32. The molecule has 0 fully saturated rings. The molecule has 0 spiro atoms. The molecule has 0 aliphatic heterocycles. The summed E-state index contributed by atoms with van der Waals surface area (Å²) in [6, 6.07) is 3.66. The van der Waals surface area contributed by atoms with Gasteiger partial charge in [0, 0.05) is 10.0 Å². The van der Waals surface area contributed by atoms with E-state index in [4.69, 9.17) is 0 Å². The van der Waals surface area contributed by atoms with Crippen molar-refractivity contribution < 1.29 is 4.79 Å². The molecule has 0 unspecified atom stereocenters. The van der Waals surface area contributed by atoms with Crippen molar-refractivity contribution in [3.05, 3.63) is 38.4 Å². The van der Waals surface area contributed by atoms with E-state index >= 15 is 0 Å². The first-order valence-electron chi connectivity index (χ1n) is 3.93. The topological polar surface area (TPSA) is 17.1 Å². The van der Waals surface area contributed by atoms with Gasteiger partial charge in [0.15, 0.2) is 0 Å². The molecule has 2 rings (SSSR count). The lowest BCUT2D eigenvalue weighted by Gasteiger charge is -1.93. The first-order chi connectivity index (χ1) is 7.49. The third-order valence-corrected chi connectivity index (χ3v) is 7.36. The molecular weight excluding hydrogens is 508 g/mol. The predicted molar refractivity (Wildman–Crippen MR) is 82.9 cm³/mol. The van der Waals surface area contributed by atoms with Crippen molar-refractivity contribution >= 4 is 92.2 Å². The van der Waals surface area contributed by atoms with E-state index in [-0.39, 0.29) is 5.78 Å². The monoisotopic (exact) mass is 506 g/mol. The fourth-order valence-electron chi connectivity index (χ4n) is 1.09. The Morgan fingerprint density at radius 2 is 1.69 bits per heavy atom. The van der Waals surface area contributed by atoms with Gasteiger partial charge in [-0.3, -0.25) is 4.79 Å². The number of hydrogen-bond acceptors (Lipinski definition) is 3. The van der Waals surface area contributed by atoms with Gasteiger partial charge in [-0.15, -0.1) is 22.7 Å². The highest BCUT2D eigenvalue weighted by atomic mass is 79.9.